The number of halogens is 3. The highest BCUT2D eigenvalue weighted by molar-refractivity contribution is 5.94. The third-order valence-electron chi connectivity index (χ3n) is 2.04. The average molecular weight is 217 g/mol. The topological polar surface area (TPSA) is 20.3 Å². The van der Waals surface area contributed by atoms with Crippen molar-refractivity contribution in [1.82, 2.24) is 4.90 Å². The summed E-state index contributed by atoms with van der Waals surface area (Å²) in [6, 6.07) is 0.972. The van der Waals surface area contributed by atoms with Gasteiger partial charge in [0.05, 0.1) is 0 Å². The molecule has 0 saturated heterocycles. The molecule has 0 bridgehead atoms. The lowest BCUT2D eigenvalue weighted by Crippen LogP contribution is -2.28. The molecule has 0 saturated carbocycles. The summed E-state index contributed by atoms with van der Waals surface area (Å²) in [5.74, 6) is -4.20. The summed E-state index contributed by atoms with van der Waals surface area (Å²) in [7, 11) is 1.41. The van der Waals surface area contributed by atoms with E-state index in [-0.39, 0.29) is 0 Å². The monoisotopic (exact) mass is 217 g/mol. The van der Waals surface area contributed by atoms with Crippen molar-refractivity contribution in [2.45, 2.75) is 6.92 Å². The van der Waals surface area contributed by atoms with E-state index in [2.05, 4.69) is 0 Å². The number of carbonyl (C=O) groups is 1. The van der Waals surface area contributed by atoms with Gasteiger partial charge < -0.3 is 4.90 Å². The third-order valence-corrected chi connectivity index (χ3v) is 2.04. The molecule has 15 heavy (non-hydrogen) atoms. The lowest BCUT2D eigenvalue weighted by molar-refractivity contribution is 0.0792. The molecule has 0 atom stereocenters. The number of hydrogen-bond donors (Lipinski definition) is 0. The first kappa shape index (κ1) is 11.6. The second kappa shape index (κ2) is 4.33. The molecule has 1 rings (SSSR count). The van der Waals surface area contributed by atoms with E-state index >= 15 is 0 Å². The Hall–Kier alpha value is -1.52. The molecule has 0 aliphatic carbocycles. The van der Waals surface area contributed by atoms with Gasteiger partial charge in [0.2, 0.25) is 0 Å². The van der Waals surface area contributed by atoms with Crippen molar-refractivity contribution in [2.75, 3.05) is 13.6 Å². The Morgan fingerprint density at radius 1 is 1.27 bits per heavy atom. The van der Waals surface area contributed by atoms with Crippen LogP contribution in [0.2, 0.25) is 0 Å². The van der Waals surface area contributed by atoms with Crippen LogP contribution in [0.25, 0.3) is 0 Å². The lowest BCUT2D eigenvalue weighted by atomic mass is 10.1. The fraction of sp³-hybridized carbons (Fsp3) is 0.300. The number of rotatable bonds is 2. The largest absolute Gasteiger partial charge is 0.342 e. The SMILES string of the molecule is CCN(C)C(=O)c1c(F)cc(F)cc1F. The molecule has 0 radical (unpaired) electrons. The third kappa shape index (κ3) is 2.29. The number of carbonyl (C=O) groups excluding carboxylic acids is 1. The predicted molar refractivity (Wildman–Crippen MR) is 49.0 cm³/mol. The van der Waals surface area contributed by atoms with Gasteiger partial charge in [-0.2, -0.15) is 0 Å². The van der Waals surface area contributed by atoms with Crippen LogP contribution in [0.5, 0.6) is 0 Å². The summed E-state index contributed by atoms with van der Waals surface area (Å²) >= 11 is 0. The summed E-state index contributed by atoms with van der Waals surface area (Å²) < 4.78 is 38.8. The number of nitrogens with zero attached hydrogens (tertiary/aromatic N) is 1. The minimum absolute atomic E-state index is 0.315. The van der Waals surface area contributed by atoms with E-state index in [1.165, 1.54) is 7.05 Å². The summed E-state index contributed by atoms with van der Waals surface area (Å²) in [6.07, 6.45) is 0. The second-order valence-corrected chi connectivity index (χ2v) is 3.06. The quantitative estimate of drug-likeness (QED) is 0.743. The zero-order chi connectivity index (χ0) is 11.6. The van der Waals surface area contributed by atoms with E-state index in [0.29, 0.717) is 18.7 Å². The van der Waals surface area contributed by atoms with E-state index in [1.807, 2.05) is 0 Å². The first-order chi connectivity index (χ1) is 6.97. The van der Waals surface area contributed by atoms with Crippen molar-refractivity contribution in [3.63, 3.8) is 0 Å². The van der Waals surface area contributed by atoms with Crippen LogP contribution in [-0.2, 0) is 0 Å². The molecule has 2 nitrogen and oxygen atoms in total. The van der Waals surface area contributed by atoms with E-state index in [9.17, 15) is 18.0 Å². The van der Waals surface area contributed by atoms with Gasteiger partial charge in [0.15, 0.2) is 0 Å². The maximum absolute atomic E-state index is 13.1. The molecule has 5 heteroatoms. The molecule has 0 heterocycles. The molecule has 0 spiro atoms. The van der Waals surface area contributed by atoms with E-state index in [1.54, 1.807) is 6.92 Å². The van der Waals surface area contributed by atoms with Crippen LogP contribution in [0.3, 0.4) is 0 Å². The van der Waals surface area contributed by atoms with Crippen molar-refractivity contribution in [3.05, 3.63) is 35.1 Å². The molecular formula is C10H10F3NO. The fourth-order valence-electron chi connectivity index (χ4n) is 1.08. The molecular weight excluding hydrogens is 207 g/mol. The van der Waals surface area contributed by atoms with Crippen molar-refractivity contribution in [1.29, 1.82) is 0 Å². The average Bonchev–Trinajstić information content (AvgIpc) is 2.14. The molecule has 0 aliphatic rings. The normalized spacial score (nSPS) is 10.2. The Labute approximate surface area is 85.3 Å². The van der Waals surface area contributed by atoms with Gasteiger partial charge in [-0.1, -0.05) is 0 Å². The van der Waals surface area contributed by atoms with E-state index in [0.717, 1.165) is 4.90 Å². The van der Waals surface area contributed by atoms with Crippen LogP contribution in [0, 0.1) is 17.5 Å². The molecule has 82 valence electrons. The van der Waals surface area contributed by atoms with Crippen molar-refractivity contribution in [2.24, 2.45) is 0 Å². The minimum Gasteiger partial charge on any atom is -0.342 e. The second-order valence-electron chi connectivity index (χ2n) is 3.06. The summed E-state index contributed by atoms with van der Waals surface area (Å²) in [5.41, 5.74) is -0.722. The zero-order valence-electron chi connectivity index (χ0n) is 8.35. The maximum Gasteiger partial charge on any atom is 0.259 e. The Balaban J connectivity index is 3.20. The number of hydrogen-bond acceptors (Lipinski definition) is 1. The Morgan fingerprint density at radius 2 is 1.73 bits per heavy atom. The smallest absolute Gasteiger partial charge is 0.259 e. The van der Waals surface area contributed by atoms with Crippen LogP contribution in [-0.4, -0.2) is 24.4 Å². The molecule has 0 fully saturated rings. The van der Waals surface area contributed by atoms with Gasteiger partial charge in [0.25, 0.3) is 5.91 Å². The van der Waals surface area contributed by atoms with Gasteiger partial charge in [-0.15, -0.1) is 0 Å². The van der Waals surface area contributed by atoms with Crippen LogP contribution in [0.1, 0.15) is 17.3 Å². The number of benzene rings is 1. The molecule has 0 unspecified atom stereocenters. The highest BCUT2D eigenvalue weighted by Gasteiger charge is 2.21. The first-order valence-electron chi connectivity index (χ1n) is 4.37. The maximum atomic E-state index is 13.1. The van der Waals surface area contributed by atoms with Crippen molar-refractivity contribution < 1.29 is 18.0 Å². The Bertz CT molecular complexity index is 369. The van der Waals surface area contributed by atoms with Gasteiger partial charge in [-0.05, 0) is 6.92 Å². The first-order valence-corrected chi connectivity index (χ1v) is 4.37. The van der Waals surface area contributed by atoms with Crippen molar-refractivity contribution in [3.8, 4) is 0 Å². The zero-order valence-corrected chi connectivity index (χ0v) is 8.35. The number of amides is 1. The van der Waals surface area contributed by atoms with Gasteiger partial charge in [0.1, 0.15) is 23.0 Å². The molecule has 1 aromatic rings. The molecule has 1 amide bonds. The van der Waals surface area contributed by atoms with Gasteiger partial charge in [-0.3, -0.25) is 4.79 Å². The van der Waals surface area contributed by atoms with Crippen LogP contribution in [0.4, 0.5) is 13.2 Å². The molecule has 0 aliphatic heterocycles. The summed E-state index contributed by atoms with van der Waals surface area (Å²) in [4.78, 5) is 12.6. The molecule has 1 aromatic carbocycles. The fourth-order valence-corrected chi connectivity index (χ4v) is 1.08. The van der Waals surface area contributed by atoms with Crippen LogP contribution in [0.15, 0.2) is 12.1 Å². The van der Waals surface area contributed by atoms with Gasteiger partial charge in [0, 0.05) is 25.7 Å². The van der Waals surface area contributed by atoms with Crippen LogP contribution >= 0.6 is 0 Å². The van der Waals surface area contributed by atoms with Crippen LogP contribution < -0.4 is 0 Å². The van der Waals surface area contributed by atoms with Gasteiger partial charge >= 0.3 is 0 Å². The van der Waals surface area contributed by atoms with E-state index < -0.39 is 28.9 Å². The summed E-state index contributed by atoms with van der Waals surface area (Å²) in [6.45, 7) is 1.98. The standard InChI is InChI=1S/C10H10F3NO/c1-3-14(2)10(15)9-7(12)4-6(11)5-8(9)13/h4-5H,3H2,1-2H3. The van der Waals surface area contributed by atoms with Gasteiger partial charge in [-0.25, -0.2) is 13.2 Å². The Morgan fingerprint density at radius 3 is 2.13 bits per heavy atom. The highest BCUT2D eigenvalue weighted by Crippen LogP contribution is 2.16. The summed E-state index contributed by atoms with van der Waals surface area (Å²) in [5, 5.41) is 0. The minimum atomic E-state index is -1.18. The molecule has 0 aromatic heterocycles. The van der Waals surface area contributed by atoms with E-state index in [4.69, 9.17) is 0 Å². The highest BCUT2D eigenvalue weighted by atomic mass is 19.1. The van der Waals surface area contributed by atoms with Crippen molar-refractivity contribution >= 4 is 5.91 Å². The lowest BCUT2D eigenvalue weighted by Gasteiger charge is -2.15. The molecule has 0 N–H and O–H groups in total. The predicted octanol–water partition coefficient (Wildman–Crippen LogP) is 2.20. The Kier molecular flexibility index (Phi) is 3.34.